The Morgan fingerprint density at radius 1 is 1.56 bits per heavy atom. The SMILES string of the molecule is CC(C)c1nc[nH]c(=O)c1CCCC(=O)O. The molecular weight excluding hydrogens is 208 g/mol. The summed E-state index contributed by atoms with van der Waals surface area (Å²) in [6, 6.07) is 0. The third kappa shape index (κ3) is 3.18. The molecule has 2 N–H and O–H groups in total. The van der Waals surface area contributed by atoms with E-state index in [-0.39, 0.29) is 17.9 Å². The Hall–Kier alpha value is -1.65. The van der Waals surface area contributed by atoms with Crippen LogP contribution in [-0.2, 0) is 11.2 Å². The molecule has 0 radical (unpaired) electrons. The number of aromatic amines is 1. The second kappa shape index (κ2) is 5.44. The monoisotopic (exact) mass is 224 g/mol. The van der Waals surface area contributed by atoms with Gasteiger partial charge in [-0.25, -0.2) is 4.98 Å². The first-order valence-electron chi connectivity index (χ1n) is 5.30. The molecule has 0 aromatic carbocycles. The van der Waals surface area contributed by atoms with Crippen molar-refractivity contribution in [2.45, 2.75) is 39.0 Å². The Kier molecular flexibility index (Phi) is 4.22. The normalized spacial score (nSPS) is 10.7. The average molecular weight is 224 g/mol. The summed E-state index contributed by atoms with van der Waals surface area (Å²) in [5.41, 5.74) is 1.21. The van der Waals surface area contributed by atoms with Gasteiger partial charge < -0.3 is 10.1 Å². The van der Waals surface area contributed by atoms with E-state index in [9.17, 15) is 9.59 Å². The Morgan fingerprint density at radius 3 is 2.81 bits per heavy atom. The van der Waals surface area contributed by atoms with Crippen molar-refractivity contribution < 1.29 is 9.90 Å². The topological polar surface area (TPSA) is 83.0 Å². The summed E-state index contributed by atoms with van der Waals surface area (Å²) in [5, 5.41) is 8.54. The first-order chi connectivity index (χ1) is 7.52. The Morgan fingerprint density at radius 2 is 2.25 bits per heavy atom. The van der Waals surface area contributed by atoms with Gasteiger partial charge in [0.1, 0.15) is 0 Å². The summed E-state index contributed by atoms with van der Waals surface area (Å²) in [5.74, 6) is -0.673. The summed E-state index contributed by atoms with van der Waals surface area (Å²) in [7, 11) is 0. The van der Waals surface area contributed by atoms with Crippen molar-refractivity contribution >= 4 is 5.97 Å². The van der Waals surface area contributed by atoms with Gasteiger partial charge >= 0.3 is 5.97 Å². The highest BCUT2D eigenvalue weighted by Crippen LogP contribution is 2.14. The smallest absolute Gasteiger partial charge is 0.303 e. The summed E-state index contributed by atoms with van der Waals surface area (Å²) in [6.45, 7) is 3.92. The van der Waals surface area contributed by atoms with Crippen LogP contribution in [0.1, 0.15) is 43.9 Å². The van der Waals surface area contributed by atoms with Gasteiger partial charge in [0.2, 0.25) is 0 Å². The van der Waals surface area contributed by atoms with Crippen LogP contribution in [0.4, 0.5) is 0 Å². The van der Waals surface area contributed by atoms with Crippen molar-refractivity contribution in [3.05, 3.63) is 27.9 Å². The van der Waals surface area contributed by atoms with Crippen LogP contribution in [0.15, 0.2) is 11.1 Å². The minimum Gasteiger partial charge on any atom is -0.481 e. The minimum atomic E-state index is -0.841. The number of nitrogens with one attached hydrogen (secondary N) is 1. The summed E-state index contributed by atoms with van der Waals surface area (Å²) < 4.78 is 0. The number of carboxylic acid groups (broad SMARTS) is 1. The molecule has 16 heavy (non-hydrogen) atoms. The zero-order valence-corrected chi connectivity index (χ0v) is 9.49. The van der Waals surface area contributed by atoms with Gasteiger partial charge in [-0.3, -0.25) is 9.59 Å². The van der Waals surface area contributed by atoms with Crippen molar-refractivity contribution in [3.8, 4) is 0 Å². The molecule has 0 aliphatic heterocycles. The van der Waals surface area contributed by atoms with Crippen LogP contribution in [0.3, 0.4) is 0 Å². The highest BCUT2D eigenvalue weighted by atomic mass is 16.4. The van der Waals surface area contributed by atoms with E-state index in [4.69, 9.17) is 5.11 Å². The van der Waals surface area contributed by atoms with Crippen molar-refractivity contribution in [3.63, 3.8) is 0 Å². The zero-order chi connectivity index (χ0) is 12.1. The van der Waals surface area contributed by atoms with Gasteiger partial charge in [0.25, 0.3) is 5.56 Å². The van der Waals surface area contributed by atoms with Crippen molar-refractivity contribution in [1.82, 2.24) is 9.97 Å². The van der Waals surface area contributed by atoms with E-state index in [0.717, 1.165) is 5.69 Å². The van der Waals surface area contributed by atoms with E-state index in [1.807, 2.05) is 13.8 Å². The van der Waals surface area contributed by atoms with Crippen LogP contribution in [0.25, 0.3) is 0 Å². The molecule has 0 spiro atoms. The van der Waals surface area contributed by atoms with Gasteiger partial charge in [-0.2, -0.15) is 0 Å². The zero-order valence-electron chi connectivity index (χ0n) is 9.49. The average Bonchev–Trinajstić information content (AvgIpc) is 2.19. The fraction of sp³-hybridized carbons (Fsp3) is 0.545. The number of hydrogen-bond acceptors (Lipinski definition) is 3. The van der Waals surface area contributed by atoms with E-state index in [1.165, 1.54) is 6.33 Å². The largest absolute Gasteiger partial charge is 0.481 e. The quantitative estimate of drug-likeness (QED) is 0.789. The number of aromatic nitrogens is 2. The van der Waals surface area contributed by atoms with Crippen LogP contribution < -0.4 is 5.56 Å². The molecule has 0 unspecified atom stereocenters. The van der Waals surface area contributed by atoms with Crippen LogP contribution in [0.5, 0.6) is 0 Å². The summed E-state index contributed by atoms with van der Waals surface area (Å²) in [6.07, 6.45) is 2.39. The maximum absolute atomic E-state index is 11.6. The van der Waals surface area contributed by atoms with E-state index in [0.29, 0.717) is 18.4 Å². The third-order valence-electron chi connectivity index (χ3n) is 2.35. The number of H-pyrrole nitrogens is 1. The van der Waals surface area contributed by atoms with Crippen LogP contribution in [0.2, 0.25) is 0 Å². The number of aliphatic carboxylic acids is 1. The van der Waals surface area contributed by atoms with E-state index in [2.05, 4.69) is 9.97 Å². The fourth-order valence-corrected chi connectivity index (χ4v) is 1.60. The van der Waals surface area contributed by atoms with Gasteiger partial charge in [-0.05, 0) is 18.8 Å². The number of rotatable bonds is 5. The second-order valence-corrected chi connectivity index (χ2v) is 4.00. The Bertz CT molecular complexity index is 423. The number of carbonyl (C=O) groups is 1. The van der Waals surface area contributed by atoms with E-state index >= 15 is 0 Å². The molecule has 0 atom stereocenters. The number of carboxylic acids is 1. The second-order valence-electron chi connectivity index (χ2n) is 4.00. The minimum absolute atomic E-state index is 0.0753. The molecule has 0 saturated carbocycles. The standard InChI is InChI=1S/C11H16N2O3/c1-7(2)10-8(4-3-5-9(14)15)11(16)13-6-12-10/h6-7H,3-5H2,1-2H3,(H,14,15)(H,12,13,16). The van der Waals surface area contributed by atoms with Gasteiger partial charge in [0, 0.05) is 12.0 Å². The molecular formula is C11H16N2O3. The highest BCUT2D eigenvalue weighted by Gasteiger charge is 2.12. The summed E-state index contributed by atoms with van der Waals surface area (Å²) >= 11 is 0. The predicted octanol–water partition coefficient (Wildman–Crippen LogP) is 1.30. The lowest BCUT2D eigenvalue weighted by atomic mass is 10.0. The fourth-order valence-electron chi connectivity index (χ4n) is 1.60. The van der Waals surface area contributed by atoms with Gasteiger partial charge in [-0.1, -0.05) is 13.8 Å². The molecule has 0 aliphatic rings. The molecule has 5 nitrogen and oxygen atoms in total. The van der Waals surface area contributed by atoms with Crippen molar-refractivity contribution in [1.29, 1.82) is 0 Å². The number of nitrogens with zero attached hydrogens (tertiary/aromatic N) is 1. The first kappa shape index (κ1) is 12.4. The molecule has 0 saturated heterocycles. The predicted molar refractivity (Wildman–Crippen MR) is 59.5 cm³/mol. The molecule has 0 bridgehead atoms. The molecule has 1 rings (SSSR count). The molecule has 0 fully saturated rings. The lowest BCUT2D eigenvalue weighted by Gasteiger charge is -2.09. The first-order valence-corrected chi connectivity index (χ1v) is 5.30. The molecule has 1 heterocycles. The maximum atomic E-state index is 11.6. The van der Waals surface area contributed by atoms with Crippen LogP contribution >= 0.6 is 0 Å². The van der Waals surface area contributed by atoms with Gasteiger partial charge in [0.05, 0.1) is 12.0 Å². The van der Waals surface area contributed by atoms with Crippen molar-refractivity contribution in [2.24, 2.45) is 0 Å². The van der Waals surface area contributed by atoms with E-state index in [1.54, 1.807) is 0 Å². The maximum Gasteiger partial charge on any atom is 0.303 e. The molecule has 0 amide bonds. The molecule has 1 aromatic heterocycles. The molecule has 1 aromatic rings. The Balaban J connectivity index is 2.85. The highest BCUT2D eigenvalue weighted by molar-refractivity contribution is 5.66. The molecule has 88 valence electrons. The lowest BCUT2D eigenvalue weighted by Crippen LogP contribution is -2.18. The Labute approximate surface area is 93.5 Å². The van der Waals surface area contributed by atoms with Gasteiger partial charge in [-0.15, -0.1) is 0 Å². The van der Waals surface area contributed by atoms with Crippen LogP contribution in [0, 0.1) is 0 Å². The molecule has 5 heteroatoms. The summed E-state index contributed by atoms with van der Waals surface area (Å²) in [4.78, 5) is 28.6. The third-order valence-corrected chi connectivity index (χ3v) is 2.35. The molecule has 0 aliphatic carbocycles. The van der Waals surface area contributed by atoms with E-state index < -0.39 is 5.97 Å². The van der Waals surface area contributed by atoms with Gasteiger partial charge in [0.15, 0.2) is 0 Å². The van der Waals surface area contributed by atoms with Crippen molar-refractivity contribution in [2.75, 3.05) is 0 Å². The number of hydrogen-bond donors (Lipinski definition) is 2. The van der Waals surface area contributed by atoms with Crippen LogP contribution in [-0.4, -0.2) is 21.0 Å². The lowest BCUT2D eigenvalue weighted by molar-refractivity contribution is -0.137.